The molecule has 7 nitrogen and oxygen atoms in total. The molecule has 3 aromatic carbocycles. The van der Waals surface area contributed by atoms with E-state index in [1.165, 1.54) is 18.2 Å². The molecule has 0 amide bonds. The minimum absolute atomic E-state index is 0.0349. The fourth-order valence-electron chi connectivity index (χ4n) is 3.99. The Morgan fingerprint density at radius 3 is 2.36 bits per heavy atom. The van der Waals surface area contributed by atoms with E-state index in [1.54, 1.807) is 54.6 Å². The van der Waals surface area contributed by atoms with Gasteiger partial charge in [-0.15, -0.1) is 0 Å². The molecule has 0 radical (unpaired) electrons. The van der Waals surface area contributed by atoms with E-state index in [9.17, 15) is 18.0 Å². The third kappa shape index (κ3) is 5.40. The fourth-order valence-corrected chi connectivity index (χ4v) is 5.16. The number of esters is 1. The zero-order chi connectivity index (χ0) is 25.9. The average Bonchev–Trinajstić information content (AvgIpc) is 2.86. The van der Waals surface area contributed by atoms with Gasteiger partial charge in [0.1, 0.15) is 17.4 Å². The highest BCUT2D eigenvalue weighted by Crippen LogP contribution is 2.26. The van der Waals surface area contributed by atoms with Gasteiger partial charge in [0.25, 0.3) is 0 Å². The van der Waals surface area contributed by atoms with E-state index < -0.39 is 27.7 Å². The monoisotopic (exact) mass is 505 g/mol. The van der Waals surface area contributed by atoms with Gasteiger partial charge in [-0.25, -0.2) is 18.0 Å². The minimum Gasteiger partial charge on any atom is -0.425 e. The van der Waals surface area contributed by atoms with Crippen molar-refractivity contribution in [3.05, 3.63) is 105 Å². The van der Waals surface area contributed by atoms with Crippen LogP contribution >= 0.6 is 0 Å². The quantitative estimate of drug-likeness (QED) is 0.206. The molecule has 0 spiro atoms. The summed E-state index contributed by atoms with van der Waals surface area (Å²) in [5.41, 5.74) is 2.66. The number of ether oxygens (including phenoxy) is 1. The van der Waals surface area contributed by atoms with Crippen LogP contribution in [-0.4, -0.2) is 14.4 Å². The van der Waals surface area contributed by atoms with Gasteiger partial charge in [0.05, 0.1) is 4.90 Å². The topological polar surface area (TPSA) is 103 Å². The Balaban J connectivity index is 1.66. The lowest BCUT2D eigenvalue weighted by Crippen LogP contribution is -2.36. The molecule has 1 heterocycles. The molecule has 0 aliphatic heterocycles. The predicted molar refractivity (Wildman–Crippen MR) is 138 cm³/mol. The molecule has 0 saturated heterocycles. The van der Waals surface area contributed by atoms with Crippen molar-refractivity contribution in [2.24, 2.45) is 0 Å². The lowest BCUT2D eigenvalue weighted by Gasteiger charge is -2.18. The number of nitrogens with one attached hydrogen (secondary N) is 1. The Bertz CT molecular complexity index is 1560. The molecule has 0 aliphatic carbocycles. The van der Waals surface area contributed by atoms with Crippen molar-refractivity contribution in [3.63, 3.8) is 0 Å². The summed E-state index contributed by atoms with van der Waals surface area (Å²) in [4.78, 5) is 25.7. The third-order valence-electron chi connectivity index (χ3n) is 5.95. The van der Waals surface area contributed by atoms with Gasteiger partial charge in [-0.2, -0.15) is 4.72 Å². The second-order valence-electron chi connectivity index (χ2n) is 8.60. The Kier molecular flexibility index (Phi) is 7.37. The van der Waals surface area contributed by atoms with Crippen LogP contribution in [0.2, 0.25) is 0 Å². The Morgan fingerprint density at radius 1 is 1.00 bits per heavy atom. The molecule has 0 fully saturated rings. The van der Waals surface area contributed by atoms with Gasteiger partial charge in [0.2, 0.25) is 10.0 Å². The van der Waals surface area contributed by atoms with Crippen molar-refractivity contribution in [1.29, 1.82) is 0 Å². The summed E-state index contributed by atoms with van der Waals surface area (Å²) in [5, 5.41) is 0.748. The third-order valence-corrected chi connectivity index (χ3v) is 7.39. The molecule has 1 atom stereocenters. The SMILES string of the molecule is CCCc1c(C)c2ccc(OC(=O)C(NS(=O)(=O)c3ccc(C)cc3)c3ccccc3)cc2oc1=O. The average molecular weight is 506 g/mol. The summed E-state index contributed by atoms with van der Waals surface area (Å²) < 4.78 is 39.6. The normalized spacial score (nSPS) is 12.4. The van der Waals surface area contributed by atoms with E-state index in [1.807, 2.05) is 20.8 Å². The van der Waals surface area contributed by atoms with Crippen LogP contribution in [0.4, 0.5) is 0 Å². The number of hydrogen-bond donors (Lipinski definition) is 1. The zero-order valence-corrected chi connectivity index (χ0v) is 21.1. The summed E-state index contributed by atoms with van der Waals surface area (Å²) in [7, 11) is -4.03. The van der Waals surface area contributed by atoms with E-state index >= 15 is 0 Å². The van der Waals surface area contributed by atoms with Gasteiger partial charge >= 0.3 is 11.6 Å². The van der Waals surface area contributed by atoms with Crippen LogP contribution in [0.1, 0.15) is 41.6 Å². The van der Waals surface area contributed by atoms with Crippen molar-refractivity contribution < 1.29 is 22.4 Å². The summed E-state index contributed by atoms with van der Waals surface area (Å²) in [6, 6.07) is 18.3. The molecule has 0 saturated carbocycles. The molecular formula is C28H27NO6S. The molecule has 8 heteroatoms. The molecule has 1 aromatic heterocycles. The van der Waals surface area contributed by atoms with Gasteiger partial charge in [-0.1, -0.05) is 61.4 Å². The molecule has 1 N–H and O–H groups in total. The van der Waals surface area contributed by atoms with Crippen LogP contribution in [0.25, 0.3) is 11.0 Å². The van der Waals surface area contributed by atoms with E-state index in [4.69, 9.17) is 9.15 Å². The lowest BCUT2D eigenvalue weighted by molar-refractivity contribution is -0.136. The standard InChI is InChI=1S/C28H27NO6S/c1-4-8-24-19(3)23-16-13-21(17-25(23)35-27(24)30)34-28(31)26(20-9-6-5-7-10-20)29-36(32,33)22-14-11-18(2)12-15-22/h5-7,9-17,26,29H,4,8H2,1-3H3. The van der Waals surface area contributed by atoms with Crippen LogP contribution in [0.3, 0.4) is 0 Å². The second-order valence-corrected chi connectivity index (χ2v) is 10.3. The second kappa shape index (κ2) is 10.5. The molecule has 1 unspecified atom stereocenters. The summed E-state index contributed by atoms with van der Waals surface area (Å²) in [5.74, 6) is -0.688. The highest BCUT2D eigenvalue weighted by molar-refractivity contribution is 7.89. The maximum atomic E-state index is 13.2. The summed E-state index contributed by atoms with van der Waals surface area (Å²) >= 11 is 0. The molecule has 0 bridgehead atoms. The number of hydrogen-bond acceptors (Lipinski definition) is 6. The van der Waals surface area contributed by atoms with Gasteiger partial charge in [0, 0.05) is 17.0 Å². The van der Waals surface area contributed by atoms with Crippen molar-refractivity contribution in [2.45, 2.75) is 44.6 Å². The van der Waals surface area contributed by atoms with E-state index in [0.717, 1.165) is 22.9 Å². The Labute approximate surface area is 209 Å². The highest BCUT2D eigenvalue weighted by Gasteiger charge is 2.29. The molecule has 4 aromatic rings. The van der Waals surface area contributed by atoms with Gasteiger partial charge in [-0.05, 0) is 55.7 Å². The smallest absolute Gasteiger partial charge is 0.339 e. The fraction of sp³-hybridized carbons (Fsp3) is 0.214. The van der Waals surface area contributed by atoms with E-state index in [0.29, 0.717) is 23.1 Å². The first-order valence-corrected chi connectivity index (χ1v) is 13.1. The first-order valence-electron chi connectivity index (χ1n) is 11.6. The number of aryl methyl sites for hydroxylation is 2. The van der Waals surface area contributed by atoms with Crippen LogP contribution in [0.5, 0.6) is 5.75 Å². The number of carbonyl (C=O) groups excluding carboxylic acids is 1. The number of carbonyl (C=O) groups is 1. The van der Waals surface area contributed by atoms with Crippen LogP contribution in [0, 0.1) is 13.8 Å². The number of fused-ring (bicyclic) bond motifs is 1. The maximum Gasteiger partial charge on any atom is 0.339 e. The van der Waals surface area contributed by atoms with Gasteiger partial charge in [0.15, 0.2) is 0 Å². The van der Waals surface area contributed by atoms with Crippen molar-refractivity contribution >= 4 is 27.0 Å². The molecule has 0 aliphatic rings. The predicted octanol–water partition coefficient (Wildman–Crippen LogP) is 4.99. The number of benzene rings is 3. The van der Waals surface area contributed by atoms with E-state index in [2.05, 4.69) is 4.72 Å². The van der Waals surface area contributed by atoms with Crippen LogP contribution in [-0.2, 0) is 21.2 Å². The number of sulfonamides is 1. The Morgan fingerprint density at radius 2 is 1.69 bits per heavy atom. The van der Waals surface area contributed by atoms with Crippen molar-refractivity contribution in [3.8, 4) is 5.75 Å². The lowest BCUT2D eigenvalue weighted by atomic mass is 10.0. The van der Waals surface area contributed by atoms with Gasteiger partial charge < -0.3 is 9.15 Å². The molecule has 4 rings (SSSR count). The first-order chi connectivity index (χ1) is 17.2. The van der Waals surface area contributed by atoms with E-state index in [-0.39, 0.29) is 10.6 Å². The minimum atomic E-state index is -4.03. The zero-order valence-electron chi connectivity index (χ0n) is 20.3. The van der Waals surface area contributed by atoms with Crippen LogP contribution < -0.4 is 15.1 Å². The number of rotatable bonds is 8. The first kappa shape index (κ1) is 25.3. The largest absolute Gasteiger partial charge is 0.425 e. The highest BCUT2D eigenvalue weighted by atomic mass is 32.2. The Hall–Kier alpha value is -3.75. The van der Waals surface area contributed by atoms with Crippen molar-refractivity contribution in [2.75, 3.05) is 0 Å². The molecule has 186 valence electrons. The maximum absolute atomic E-state index is 13.2. The summed E-state index contributed by atoms with van der Waals surface area (Å²) in [6.07, 6.45) is 1.42. The summed E-state index contributed by atoms with van der Waals surface area (Å²) in [6.45, 7) is 5.70. The molecule has 36 heavy (non-hydrogen) atoms. The van der Waals surface area contributed by atoms with Crippen molar-refractivity contribution in [1.82, 2.24) is 4.72 Å². The molecular weight excluding hydrogens is 478 g/mol. The van der Waals surface area contributed by atoms with Crippen LogP contribution in [0.15, 0.2) is 86.9 Å². The van der Waals surface area contributed by atoms with Gasteiger partial charge in [-0.3, -0.25) is 0 Å².